The summed E-state index contributed by atoms with van der Waals surface area (Å²) in [4.78, 5) is 3.53. The van der Waals surface area contributed by atoms with E-state index in [1.807, 2.05) is 0 Å². The molecule has 0 aromatic rings. The zero-order valence-corrected chi connectivity index (χ0v) is 5.44. The summed E-state index contributed by atoms with van der Waals surface area (Å²) < 4.78 is 0. The second-order valence-electron chi connectivity index (χ2n) is 1.50. The van der Waals surface area contributed by atoms with Gasteiger partial charge in [0, 0.05) is 17.9 Å². The normalized spacial score (nSPS) is 12.0. The molecule has 0 aliphatic carbocycles. The van der Waals surface area contributed by atoms with Crippen LogP contribution in [0.25, 0.3) is 0 Å². The molecule has 54 valence electrons. The average Bonchev–Trinajstić information content (AvgIpc) is 1.89. The third-order valence-electron chi connectivity index (χ3n) is 0.820. The van der Waals surface area contributed by atoms with Crippen molar-refractivity contribution in [2.75, 3.05) is 0 Å². The summed E-state index contributed by atoms with van der Waals surface area (Å²) in [6, 6.07) is 0. The maximum absolute atomic E-state index is 8.52. The molecule has 0 aromatic heterocycles. The van der Waals surface area contributed by atoms with Gasteiger partial charge in [0.2, 0.25) is 0 Å². The van der Waals surface area contributed by atoms with Crippen molar-refractivity contribution in [1.82, 2.24) is 0 Å². The fourth-order valence-corrected chi connectivity index (χ4v) is 0.335. The maximum Gasteiger partial charge on any atom is 0.491 e. The summed E-state index contributed by atoms with van der Waals surface area (Å²) in [5.74, 6) is 0. The molecule has 0 saturated heterocycles. The van der Waals surface area contributed by atoms with Crippen LogP contribution in [0.3, 0.4) is 0 Å². The molecule has 0 aliphatic rings. The molecule has 0 aromatic carbocycles. The highest BCUT2D eigenvalue weighted by molar-refractivity contribution is 6.56. The maximum atomic E-state index is 8.52. The van der Waals surface area contributed by atoms with Crippen molar-refractivity contribution >= 4 is 13.3 Å². The molecule has 10 heavy (non-hydrogen) atoms. The monoisotopic (exact) mass is 140 g/mol. The number of aliphatic imine (C=N–C) groups is 1. The molecule has 0 rings (SSSR count). The lowest BCUT2D eigenvalue weighted by Crippen LogP contribution is -2.17. The molecule has 0 radical (unpaired) electrons. The van der Waals surface area contributed by atoms with Gasteiger partial charge in [-0.05, 0) is 6.20 Å². The molecular formula is C5H9BN2O2. The third kappa shape index (κ3) is 3.06. The first kappa shape index (κ1) is 8.93. The van der Waals surface area contributed by atoms with Crippen LogP contribution >= 0.6 is 0 Å². The summed E-state index contributed by atoms with van der Waals surface area (Å²) in [5, 5.41) is 17.0. The average molecular weight is 140 g/mol. The Balaban J connectivity index is 4.10. The molecule has 0 atom stereocenters. The van der Waals surface area contributed by atoms with Gasteiger partial charge in [-0.1, -0.05) is 6.58 Å². The Labute approximate surface area is 59.5 Å². The number of nitrogens with zero attached hydrogens (tertiary/aromatic N) is 1. The van der Waals surface area contributed by atoms with Crippen molar-refractivity contribution in [2.24, 2.45) is 10.7 Å². The standard InChI is InChI=1S/C5H9BN2O2/c1-2-8-4-5(3-7)6(9)10/h2-4,9-10H,1,7H2/b5-3+,8-4-. The molecule has 0 unspecified atom stereocenters. The van der Waals surface area contributed by atoms with Gasteiger partial charge in [-0.15, -0.1) is 0 Å². The molecule has 4 nitrogen and oxygen atoms in total. The Morgan fingerprint density at radius 2 is 2.20 bits per heavy atom. The van der Waals surface area contributed by atoms with Crippen molar-refractivity contribution < 1.29 is 10.0 Å². The minimum Gasteiger partial charge on any atom is -0.423 e. The van der Waals surface area contributed by atoms with Crippen molar-refractivity contribution in [3.05, 3.63) is 24.5 Å². The first-order chi connectivity index (χ1) is 4.72. The highest BCUT2D eigenvalue weighted by Gasteiger charge is 2.10. The molecule has 0 heterocycles. The molecule has 0 bridgehead atoms. The summed E-state index contributed by atoms with van der Waals surface area (Å²) in [5.41, 5.74) is 5.15. The minimum absolute atomic E-state index is 0.139. The molecule has 0 fully saturated rings. The zero-order valence-electron chi connectivity index (χ0n) is 5.44. The molecule has 0 spiro atoms. The van der Waals surface area contributed by atoms with Crippen LogP contribution in [0.1, 0.15) is 0 Å². The second-order valence-corrected chi connectivity index (χ2v) is 1.50. The van der Waals surface area contributed by atoms with Crippen LogP contribution in [0.5, 0.6) is 0 Å². The van der Waals surface area contributed by atoms with Crippen LogP contribution in [0, 0.1) is 0 Å². The van der Waals surface area contributed by atoms with Crippen LogP contribution < -0.4 is 5.73 Å². The van der Waals surface area contributed by atoms with E-state index in [0.717, 1.165) is 6.20 Å². The second kappa shape index (κ2) is 4.78. The van der Waals surface area contributed by atoms with Crippen molar-refractivity contribution in [3.8, 4) is 0 Å². The van der Waals surface area contributed by atoms with Gasteiger partial charge >= 0.3 is 7.12 Å². The molecular weight excluding hydrogens is 131 g/mol. The van der Waals surface area contributed by atoms with Crippen molar-refractivity contribution in [2.45, 2.75) is 0 Å². The van der Waals surface area contributed by atoms with E-state index in [4.69, 9.17) is 15.8 Å². The van der Waals surface area contributed by atoms with E-state index in [0.29, 0.717) is 0 Å². The molecule has 0 amide bonds. The molecule has 0 saturated carbocycles. The third-order valence-corrected chi connectivity index (χ3v) is 0.820. The van der Waals surface area contributed by atoms with E-state index in [1.165, 1.54) is 12.4 Å². The first-order valence-electron chi connectivity index (χ1n) is 2.64. The van der Waals surface area contributed by atoms with Crippen LogP contribution in [0.15, 0.2) is 29.4 Å². The number of nitrogens with two attached hydrogens (primary N) is 1. The largest absolute Gasteiger partial charge is 0.491 e. The van der Waals surface area contributed by atoms with E-state index in [9.17, 15) is 0 Å². The van der Waals surface area contributed by atoms with Gasteiger partial charge in [-0.3, -0.25) is 4.99 Å². The van der Waals surface area contributed by atoms with E-state index >= 15 is 0 Å². The SMILES string of the molecule is C=C/N=C\C(=C/N)B(O)O. The molecule has 5 heteroatoms. The Morgan fingerprint density at radius 3 is 2.50 bits per heavy atom. The fraction of sp³-hybridized carbons (Fsp3) is 0. The quantitative estimate of drug-likeness (QED) is 0.349. The summed E-state index contributed by atoms with van der Waals surface area (Å²) in [6.45, 7) is 3.30. The van der Waals surface area contributed by atoms with Crippen LogP contribution in [-0.4, -0.2) is 23.4 Å². The van der Waals surface area contributed by atoms with Gasteiger partial charge in [0.05, 0.1) is 0 Å². The number of allylic oxidation sites excluding steroid dienone is 1. The van der Waals surface area contributed by atoms with Crippen molar-refractivity contribution in [3.63, 3.8) is 0 Å². The van der Waals surface area contributed by atoms with E-state index in [2.05, 4.69) is 11.6 Å². The molecule has 4 N–H and O–H groups in total. The smallest absolute Gasteiger partial charge is 0.423 e. The van der Waals surface area contributed by atoms with Crippen LogP contribution in [-0.2, 0) is 0 Å². The Hall–Kier alpha value is -1.07. The lowest BCUT2D eigenvalue weighted by atomic mass is 9.81. The topological polar surface area (TPSA) is 78.8 Å². The Kier molecular flexibility index (Phi) is 4.27. The van der Waals surface area contributed by atoms with Crippen LogP contribution in [0.2, 0.25) is 0 Å². The van der Waals surface area contributed by atoms with Gasteiger partial charge in [0.1, 0.15) is 0 Å². The molecule has 0 aliphatic heterocycles. The summed E-state index contributed by atoms with van der Waals surface area (Å²) >= 11 is 0. The van der Waals surface area contributed by atoms with E-state index < -0.39 is 7.12 Å². The number of hydrogen-bond acceptors (Lipinski definition) is 4. The van der Waals surface area contributed by atoms with Gasteiger partial charge in [0.15, 0.2) is 0 Å². The minimum atomic E-state index is -1.58. The van der Waals surface area contributed by atoms with Gasteiger partial charge in [0.25, 0.3) is 0 Å². The predicted octanol–water partition coefficient (Wildman–Crippen LogP) is -0.945. The van der Waals surface area contributed by atoms with Gasteiger partial charge < -0.3 is 15.8 Å². The van der Waals surface area contributed by atoms with Crippen LogP contribution in [0.4, 0.5) is 0 Å². The lowest BCUT2D eigenvalue weighted by Gasteiger charge is -1.94. The Morgan fingerprint density at radius 1 is 1.60 bits per heavy atom. The lowest BCUT2D eigenvalue weighted by molar-refractivity contribution is 0.422. The summed E-state index contributed by atoms with van der Waals surface area (Å²) in [7, 11) is -1.58. The van der Waals surface area contributed by atoms with E-state index in [-0.39, 0.29) is 5.47 Å². The Bertz CT molecular complexity index is 165. The zero-order chi connectivity index (χ0) is 7.98. The summed E-state index contributed by atoms with van der Waals surface area (Å²) in [6.07, 6.45) is 3.56. The van der Waals surface area contributed by atoms with Crippen molar-refractivity contribution in [1.29, 1.82) is 0 Å². The van der Waals surface area contributed by atoms with E-state index in [1.54, 1.807) is 0 Å². The fourth-order valence-electron chi connectivity index (χ4n) is 0.335. The van der Waals surface area contributed by atoms with Gasteiger partial charge in [-0.2, -0.15) is 0 Å². The predicted molar refractivity (Wildman–Crippen MR) is 41.2 cm³/mol. The number of rotatable bonds is 3. The first-order valence-corrected chi connectivity index (χ1v) is 2.64. The highest BCUT2D eigenvalue weighted by atomic mass is 16.4. The van der Waals surface area contributed by atoms with Gasteiger partial charge in [-0.25, -0.2) is 0 Å². The highest BCUT2D eigenvalue weighted by Crippen LogP contribution is 1.88. The number of hydrogen-bond donors (Lipinski definition) is 3.